The molecule has 100 valence electrons. The van der Waals surface area contributed by atoms with Crippen LogP contribution in [-0.4, -0.2) is 23.8 Å². The number of carboxylic acids is 1. The van der Waals surface area contributed by atoms with Gasteiger partial charge in [0, 0.05) is 18.1 Å². The summed E-state index contributed by atoms with van der Waals surface area (Å²) in [6.45, 7) is -0.608. The van der Waals surface area contributed by atoms with Crippen LogP contribution in [0.2, 0.25) is 5.02 Å². The lowest BCUT2D eigenvalue weighted by molar-refractivity contribution is -0.192. The van der Waals surface area contributed by atoms with Gasteiger partial charge in [-0.3, -0.25) is 4.79 Å². The number of aliphatic carboxylic acids is 1. The van der Waals surface area contributed by atoms with E-state index >= 15 is 0 Å². The van der Waals surface area contributed by atoms with Gasteiger partial charge in [-0.05, 0) is 11.6 Å². The summed E-state index contributed by atoms with van der Waals surface area (Å²) in [6.07, 6.45) is -4.76. The molecule has 0 saturated heterocycles. The summed E-state index contributed by atoms with van der Waals surface area (Å²) in [5.41, 5.74) is 0.616. The number of carbonyl (C=O) groups is 1. The van der Waals surface area contributed by atoms with Gasteiger partial charge in [0.05, 0.1) is 0 Å². The molecule has 0 bridgehead atoms. The maximum Gasteiger partial charge on any atom is 0.403 e. The first-order valence-corrected chi connectivity index (χ1v) is 5.44. The molecule has 0 amide bonds. The van der Waals surface area contributed by atoms with E-state index in [1.54, 1.807) is 24.3 Å². The number of nitrogens with one attached hydrogen (secondary N) is 1. The van der Waals surface area contributed by atoms with E-state index in [0.29, 0.717) is 10.6 Å². The van der Waals surface area contributed by atoms with Crippen molar-refractivity contribution in [2.75, 3.05) is 6.54 Å². The summed E-state index contributed by atoms with van der Waals surface area (Å²) in [6, 6.07) is 6.65. The van der Waals surface area contributed by atoms with Crippen LogP contribution < -0.4 is 5.32 Å². The summed E-state index contributed by atoms with van der Waals surface area (Å²) < 4.78 is 37.0. The standard InChI is InChI=1S/C11H11ClF3NO2/c12-9-4-2-1-3-7(9)5-16-6-8(10(17)18)11(13,14)15/h1-4,8,16H,5-6H2,(H,17,18). The maximum atomic E-state index is 12.3. The van der Waals surface area contributed by atoms with Gasteiger partial charge in [0.15, 0.2) is 5.92 Å². The maximum absolute atomic E-state index is 12.3. The molecule has 7 heteroatoms. The lowest BCUT2D eigenvalue weighted by atomic mass is 10.1. The monoisotopic (exact) mass is 281 g/mol. The minimum Gasteiger partial charge on any atom is -0.481 e. The van der Waals surface area contributed by atoms with Crippen LogP contribution in [-0.2, 0) is 11.3 Å². The van der Waals surface area contributed by atoms with Crippen LogP contribution >= 0.6 is 11.6 Å². The van der Waals surface area contributed by atoms with E-state index in [4.69, 9.17) is 16.7 Å². The number of hydrogen-bond acceptors (Lipinski definition) is 2. The Morgan fingerprint density at radius 2 is 2.00 bits per heavy atom. The van der Waals surface area contributed by atoms with Gasteiger partial charge in [-0.25, -0.2) is 0 Å². The van der Waals surface area contributed by atoms with Crippen LogP contribution in [0.4, 0.5) is 13.2 Å². The van der Waals surface area contributed by atoms with Gasteiger partial charge >= 0.3 is 12.1 Å². The molecule has 0 aromatic heterocycles. The molecule has 1 aromatic carbocycles. The van der Waals surface area contributed by atoms with Crippen LogP contribution in [0.1, 0.15) is 5.56 Å². The van der Waals surface area contributed by atoms with Crippen molar-refractivity contribution >= 4 is 17.6 Å². The zero-order chi connectivity index (χ0) is 13.8. The van der Waals surface area contributed by atoms with E-state index in [1.807, 2.05) is 0 Å². The number of halogens is 4. The second-order valence-corrected chi connectivity index (χ2v) is 4.06. The van der Waals surface area contributed by atoms with Crippen LogP contribution in [0.15, 0.2) is 24.3 Å². The van der Waals surface area contributed by atoms with Crippen molar-refractivity contribution in [2.24, 2.45) is 5.92 Å². The Bertz CT molecular complexity index is 423. The average molecular weight is 282 g/mol. The summed E-state index contributed by atoms with van der Waals surface area (Å²) >= 11 is 5.81. The van der Waals surface area contributed by atoms with Crippen molar-refractivity contribution in [2.45, 2.75) is 12.7 Å². The molecular formula is C11H11ClF3NO2. The van der Waals surface area contributed by atoms with E-state index in [9.17, 15) is 18.0 Å². The molecule has 0 heterocycles. The molecule has 0 radical (unpaired) electrons. The second-order valence-electron chi connectivity index (χ2n) is 3.65. The fourth-order valence-corrected chi connectivity index (χ4v) is 1.54. The van der Waals surface area contributed by atoms with E-state index in [-0.39, 0.29) is 6.54 Å². The summed E-state index contributed by atoms with van der Waals surface area (Å²) in [7, 11) is 0. The number of rotatable bonds is 5. The van der Waals surface area contributed by atoms with Crippen molar-refractivity contribution in [1.29, 1.82) is 0 Å². The van der Waals surface area contributed by atoms with Gasteiger partial charge in [0.2, 0.25) is 0 Å². The van der Waals surface area contributed by atoms with Gasteiger partial charge < -0.3 is 10.4 Å². The number of alkyl halides is 3. The minimum absolute atomic E-state index is 0.0829. The lowest BCUT2D eigenvalue weighted by Crippen LogP contribution is -2.38. The molecule has 1 aromatic rings. The SMILES string of the molecule is O=C(O)C(CNCc1ccccc1Cl)C(F)(F)F. The Balaban J connectivity index is 2.55. The Kier molecular flexibility index (Phi) is 4.98. The van der Waals surface area contributed by atoms with E-state index in [0.717, 1.165) is 0 Å². The van der Waals surface area contributed by atoms with Crippen LogP contribution in [0, 0.1) is 5.92 Å². The molecule has 1 atom stereocenters. The molecular weight excluding hydrogens is 271 g/mol. The first-order valence-electron chi connectivity index (χ1n) is 5.06. The van der Waals surface area contributed by atoms with Crippen molar-refractivity contribution in [3.63, 3.8) is 0 Å². The van der Waals surface area contributed by atoms with Gasteiger partial charge in [-0.2, -0.15) is 13.2 Å². The fraction of sp³-hybridized carbons (Fsp3) is 0.364. The molecule has 0 fully saturated rings. The number of hydrogen-bond donors (Lipinski definition) is 2. The molecule has 1 unspecified atom stereocenters. The predicted octanol–water partition coefficient (Wildman–Crippen LogP) is 2.69. The highest BCUT2D eigenvalue weighted by Crippen LogP contribution is 2.26. The van der Waals surface area contributed by atoms with Gasteiger partial charge in [0.1, 0.15) is 0 Å². The molecule has 2 N–H and O–H groups in total. The van der Waals surface area contributed by atoms with Gasteiger partial charge in [-0.15, -0.1) is 0 Å². The third-order valence-corrected chi connectivity index (χ3v) is 2.68. The topological polar surface area (TPSA) is 49.3 Å². The van der Waals surface area contributed by atoms with E-state index in [2.05, 4.69) is 5.32 Å². The second kappa shape index (κ2) is 6.06. The quantitative estimate of drug-likeness (QED) is 0.872. The van der Waals surface area contributed by atoms with Crippen molar-refractivity contribution in [1.82, 2.24) is 5.32 Å². The van der Waals surface area contributed by atoms with Gasteiger partial charge in [-0.1, -0.05) is 29.8 Å². The van der Waals surface area contributed by atoms with Gasteiger partial charge in [0.25, 0.3) is 0 Å². The molecule has 0 aliphatic carbocycles. The Labute approximate surface area is 107 Å². The van der Waals surface area contributed by atoms with Crippen LogP contribution in [0.25, 0.3) is 0 Å². The lowest BCUT2D eigenvalue weighted by Gasteiger charge is -2.16. The summed E-state index contributed by atoms with van der Waals surface area (Å²) in [4.78, 5) is 10.5. The molecule has 0 spiro atoms. The third kappa shape index (κ3) is 4.19. The van der Waals surface area contributed by atoms with E-state index in [1.165, 1.54) is 0 Å². The summed E-state index contributed by atoms with van der Waals surface area (Å²) in [5, 5.41) is 11.3. The largest absolute Gasteiger partial charge is 0.481 e. The third-order valence-electron chi connectivity index (χ3n) is 2.31. The molecule has 0 saturated carbocycles. The molecule has 3 nitrogen and oxygen atoms in total. The first-order chi connectivity index (χ1) is 8.32. The van der Waals surface area contributed by atoms with Crippen molar-refractivity contribution in [3.8, 4) is 0 Å². The Morgan fingerprint density at radius 3 is 2.50 bits per heavy atom. The zero-order valence-electron chi connectivity index (χ0n) is 9.17. The molecule has 18 heavy (non-hydrogen) atoms. The van der Waals surface area contributed by atoms with Crippen LogP contribution in [0.5, 0.6) is 0 Å². The highest BCUT2D eigenvalue weighted by atomic mass is 35.5. The number of carboxylic acid groups (broad SMARTS) is 1. The van der Waals surface area contributed by atoms with E-state index < -0.39 is 24.6 Å². The highest BCUT2D eigenvalue weighted by molar-refractivity contribution is 6.31. The first kappa shape index (κ1) is 14.8. The average Bonchev–Trinajstić information content (AvgIpc) is 2.24. The highest BCUT2D eigenvalue weighted by Gasteiger charge is 2.44. The summed E-state index contributed by atoms with van der Waals surface area (Å²) in [5.74, 6) is -4.31. The molecule has 0 aliphatic rings. The van der Waals surface area contributed by atoms with Crippen LogP contribution in [0.3, 0.4) is 0 Å². The predicted molar refractivity (Wildman–Crippen MR) is 60.3 cm³/mol. The Hall–Kier alpha value is -1.27. The number of benzene rings is 1. The minimum atomic E-state index is -4.76. The molecule has 1 rings (SSSR count). The fourth-order valence-electron chi connectivity index (χ4n) is 1.34. The molecule has 0 aliphatic heterocycles. The normalized spacial score (nSPS) is 13.3. The Morgan fingerprint density at radius 1 is 1.39 bits per heavy atom. The van der Waals surface area contributed by atoms with Crippen molar-refractivity contribution < 1.29 is 23.1 Å². The zero-order valence-corrected chi connectivity index (χ0v) is 9.92. The smallest absolute Gasteiger partial charge is 0.403 e. The van der Waals surface area contributed by atoms with Crippen molar-refractivity contribution in [3.05, 3.63) is 34.9 Å².